The summed E-state index contributed by atoms with van der Waals surface area (Å²) in [6.45, 7) is 1.66. The minimum absolute atomic E-state index is 0.00940. The second-order valence-electron chi connectivity index (χ2n) is 5.77. The van der Waals surface area contributed by atoms with Crippen LogP contribution in [0.4, 0.5) is 8.78 Å². The number of ether oxygens (including phenoxy) is 1. The Morgan fingerprint density at radius 3 is 2.61 bits per heavy atom. The summed E-state index contributed by atoms with van der Waals surface area (Å²) in [5, 5.41) is 14.5. The highest BCUT2D eigenvalue weighted by atomic mass is 19.1. The summed E-state index contributed by atoms with van der Waals surface area (Å²) in [6.07, 6.45) is -0.502. The van der Waals surface area contributed by atoms with Gasteiger partial charge in [-0.3, -0.25) is 0 Å². The lowest BCUT2D eigenvalue weighted by Crippen LogP contribution is -2.52. The zero-order chi connectivity index (χ0) is 16.3. The molecule has 1 aliphatic heterocycles. The smallest absolute Gasteiger partial charge is 0.129 e. The third-order valence-corrected chi connectivity index (χ3v) is 4.21. The van der Waals surface area contributed by atoms with Gasteiger partial charge in [0.05, 0.1) is 6.61 Å². The van der Waals surface area contributed by atoms with Crippen LogP contribution in [0.15, 0.2) is 48.5 Å². The normalized spacial score (nSPS) is 20.9. The van der Waals surface area contributed by atoms with Gasteiger partial charge in [0.2, 0.25) is 0 Å². The molecule has 2 N–H and O–H groups in total. The lowest BCUT2D eigenvalue weighted by atomic mass is 9.82. The van der Waals surface area contributed by atoms with E-state index in [9.17, 15) is 13.9 Å². The van der Waals surface area contributed by atoms with Gasteiger partial charge in [0, 0.05) is 25.6 Å². The van der Waals surface area contributed by atoms with Crippen LogP contribution in [0.2, 0.25) is 0 Å². The van der Waals surface area contributed by atoms with E-state index in [2.05, 4.69) is 5.32 Å². The molecule has 0 spiro atoms. The predicted molar refractivity (Wildman–Crippen MR) is 83.0 cm³/mol. The molecule has 3 nitrogen and oxygen atoms in total. The summed E-state index contributed by atoms with van der Waals surface area (Å²) in [4.78, 5) is 0. The standard InChI is InChI=1S/C18H19F2NO2/c19-15-7-6-13(16(20)10-15)11-18(22,14-4-2-1-3-5-14)17-12-21-8-9-23-17/h1-7,10,17,21-22H,8-9,11-12H2/t17-,18-/m1/s1. The second-order valence-corrected chi connectivity index (χ2v) is 5.77. The topological polar surface area (TPSA) is 41.5 Å². The molecule has 0 unspecified atom stereocenters. The van der Waals surface area contributed by atoms with Crippen molar-refractivity contribution >= 4 is 0 Å². The van der Waals surface area contributed by atoms with Gasteiger partial charge >= 0.3 is 0 Å². The zero-order valence-electron chi connectivity index (χ0n) is 12.6. The molecule has 0 aliphatic carbocycles. The first kappa shape index (κ1) is 16.1. The summed E-state index contributed by atoms with van der Waals surface area (Å²) >= 11 is 0. The molecule has 3 rings (SSSR count). The Kier molecular flexibility index (Phi) is 4.71. The highest BCUT2D eigenvalue weighted by Crippen LogP contribution is 2.32. The zero-order valence-corrected chi connectivity index (χ0v) is 12.6. The lowest BCUT2D eigenvalue weighted by molar-refractivity contribution is -0.124. The molecule has 0 radical (unpaired) electrons. The molecule has 1 saturated heterocycles. The van der Waals surface area contributed by atoms with E-state index in [0.717, 1.165) is 6.07 Å². The first-order valence-corrected chi connectivity index (χ1v) is 7.64. The third kappa shape index (κ3) is 3.42. The average molecular weight is 319 g/mol. The molecule has 1 aliphatic rings. The van der Waals surface area contributed by atoms with Gasteiger partial charge < -0.3 is 15.2 Å². The molecule has 2 aromatic rings. The van der Waals surface area contributed by atoms with Crippen LogP contribution in [0.5, 0.6) is 0 Å². The molecular weight excluding hydrogens is 300 g/mol. The van der Waals surface area contributed by atoms with Crippen molar-refractivity contribution in [3.05, 3.63) is 71.3 Å². The molecule has 23 heavy (non-hydrogen) atoms. The van der Waals surface area contributed by atoms with Crippen LogP contribution >= 0.6 is 0 Å². The van der Waals surface area contributed by atoms with Crippen molar-refractivity contribution < 1.29 is 18.6 Å². The molecule has 0 saturated carbocycles. The molecule has 5 heteroatoms. The van der Waals surface area contributed by atoms with E-state index in [0.29, 0.717) is 25.3 Å². The number of nitrogens with one attached hydrogen (secondary N) is 1. The maximum Gasteiger partial charge on any atom is 0.129 e. The van der Waals surface area contributed by atoms with Gasteiger partial charge in [-0.15, -0.1) is 0 Å². The fourth-order valence-electron chi connectivity index (χ4n) is 2.96. The summed E-state index contributed by atoms with van der Waals surface area (Å²) in [5.74, 6) is -1.30. The van der Waals surface area contributed by atoms with Crippen molar-refractivity contribution in [1.82, 2.24) is 5.32 Å². The van der Waals surface area contributed by atoms with Crippen molar-refractivity contribution in [2.24, 2.45) is 0 Å². The molecule has 2 atom stereocenters. The number of benzene rings is 2. The highest BCUT2D eigenvalue weighted by molar-refractivity contribution is 5.29. The van der Waals surface area contributed by atoms with Gasteiger partial charge in [0.15, 0.2) is 0 Å². The molecule has 0 amide bonds. The first-order valence-electron chi connectivity index (χ1n) is 7.64. The Hall–Kier alpha value is -1.82. The van der Waals surface area contributed by atoms with Crippen LogP contribution in [0.25, 0.3) is 0 Å². The van der Waals surface area contributed by atoms with Crippen LogP contribution in [0.1, 0.15) is 11.1 Å². The van der Waals surface area contributed by atoms with E-state index in [1.54, 1.807) is 12.1 Å². The van der Waals surface area contributed by atoms with Gasteiger partial charge in [0.25, 0.3) is 0 Å². The summed E-state index contributed by atoms with van der Waals surface area (Å²) in [6, 6.07) is 12.5. The molecule has 1 fully saturated rings. The second kappa shape index (κ2) is 6.74. The summed E-state index contributed by atoms with van der Waals surface area (Å²) < 4.78 is 32.9. The number of rotatable bonds is 4. The van der Waals surface area contributed by atoms with Crippen LogP contribution < -0.4 is 5.32 Å². The van der Waals surface area contributed by atoms with Crippen molar-refractivity contribution in [1.29, 1.82) is 0 Å². The fraction of sp³-hybridized carbons (Fsp3) is 0.333. The maximum atomic E-state index is 14.1. The van der Waals surface area contributed by atoms with Gasteiger partial charge in [-0.05, 0) is 17.2 Å². The van der Waals surface area contributed by atoms with Crippen molar-refractivity contribution in [3.63, 3.8) is 0 Å². The van der Waals surface area contributed by atoms with E-state index in [1.807, 2.05) is 18.2 Å². The van der Waals surface area contributed by atoms with Gasteiger partial charge in [-0.2, -0.15) is 0 Å². The number of hydrogen-bond donors (Lipinski definition) is 2. The quantitative estimate of drug-likeness (QED) is 0.909. The highest BCUT2D eigenvalue weighted by Gasteiger charge is 2.41. The number of aliphatic hydroxyl groups is 1. The van der Waals surface area contributed by atoms with Gasteiger partial charge in [-0.25, -0.2) is 8.78 Å². The molecule has 0 bridgehead atoms. The van der Waals surface area contributed by atoms with Crippen molar-refractivity contribution in [3.8, 4) is 0 Å². The Morgan fingerprint density at radius 1 is 1.17 bits per heavy atom. The fourth-order valence-corrected chi connectivity index (χ4v) is 2.96. The summed E-state index contributed by atoms with van der Waals surface area (Å²) in [7, 11) is 0. The number of morpholine rings is 1. The minimum atomic E-state index is -1.40. The van der Waals surface area contributed by atoms with Gasteiger partial charge in [0.1, 0.15) is 23.3 Å². The van der Waals surface area contributed by atoms with E-state index >= 15 is 0 Å². The largest absolute Gasteiger partial charge is 0.382 e. The van der Waals surface area contributed by atoms with Crippen molar-refractivity contribution in [2.45, 2.75) is 18.1 Å². The van der Waals surface area contributed by atoms with E-state index in [1.165, 1.54) is 12.1 Å². The average Bonchev–Trinajstić information content (AvgIpc) is 2.59. The Labute approximate surface area is 133 Å². The third-order valence-electron chi connectivity index (χ3n) is 4.21. The molecular formula is C18H19F2NO2. The van der Waals surface area contributed by atoms with Crippen LogP contribution in [0.3, 0.4) is 0 Å². The predicted octanol–water partition coefficient (Wildman–Crippen LogP) is 2.38. The lowest BCUT2D eigenvalue weighted by Gasteiger charge is -2.39. The number of halogens is 2. The maximum absolute atomic E-state index is 14.1. The Morgan fingerprint density at radius 2 is 1.96 bits per heavy atom. The van der Waals surface area contributed by atoms with Crippen molar-refractivity contribution in [2.75, 3.05) is 19.7 Å². The summed E-state index contributed by atoms with van der Waals surface area (Å²) in [5.41, 5.74) is -0.489. The molecule has 1 heterocycles. The van der Waals surface area contributed by atoms with Gasteiger partial charge in [-0.1, -0.05) is 36.4 Å². The first-order chi connectivity index (χ1) is 11.1. The molecule has 0 aromatic heterocycles. The minimum Gasteiger partial charge on any atom is -0.382 e. The molecule has 2 aromatic carbocycles. The van der Waals surface area contributed by atoms with E-state index in [4.69, 9.17) is 4.74 Å². The Balaban J connectivity index is 1.97. The monoisotopic (exact) mass is 319 g/mol. The van der Waals surface area contributed by atoms with Crippen LogP contribution in [-0.4, -0.2) is 30.9 Å². The van der Waals surface area contributed by atoms with Crippen LogP contribution in [-0.2, 0) is 16.8 Å². The SMILES string of the molecule is O[C@](Cc1ccc(F)cc1F)(c1ccccc1)[C@H]1CNCCO1. The van der Waals surface area contributed by atoms with Crippen LogP contribution in [0, 0.1) is 11.6 Å². The number of hydrogen-bond acceptors (Lipinski definition) is 3. The molecule has 122 valence electrons. The Bertz CT molecular complexity index is 659. The van der Waals surface area contributed by atoms with E-state index < -0.39 is 23.3 Å². The van der Waals surface area contributed by atoms with E-state index in [-0.39, 0.29) is 12.0 Å².